The molecule has 1 aromatic heterocycles. The average molecular weight is 639 g/mol. The number of hydrogen-bond donors (Lipinski definition) is 2. The Bertz CT molecular complexity index is 1610. The third kappa shape index (κ3) is 8.20. The van der Waals surface area contributed by atoms with E-state index < -0.39 is 21.8 Å². The van der Waals surface area contributed by atoms with Crippen molar-refractivity contribution >= 4 is 26.9 Å². The molecule has 3 aromatic rings. The molecule has 45 heavy (non-hydrogen) atoms. The van der Waals surface area contributed by atoms with Crippen LogP contribution in [0.4, 0.5) is 10.1 Å². The summed E-state index contributed by atoms with van der Waals surface area (Å²) in [5, 5.41) is 13.5. The van der Waals surface area contributed by atoms with Gasteiger partial charge in [-0.3, -0.25) is 4.72 Å². The Labute approximate surface area is 265 Å². The second-order valence-corrected chi connectivity index (χ2v) is 13.9. The number of nitrogens with zero attached hydrogens (tertiary/aromatic N) is 4. The van der Waals surface area contributed by atoms with Gasteiger partial charge in [-0.05, 0) is 68.0 Å². The van der Waals surface area contributed by atoms with Gasteiger partial charge in [-0.15, -0.1) is 0 Å². The van der Waals surface area contributed by atoms with Crippen molar-refractivity contribution in [1.29, 1.82) is 5.26 Å². The van der Waals surface area contributed by atoms with Crippen molar-refractivity contribution in [1.82, 2.24) is 19.6 Å². The molecule has 5 rings (SSSR count). The highest BCUT2D eigenvalue weighted by molar-refractivity contribution is 7.90. The topological polar surface area (TPSA) is 129 Å². The van der Waals surface area contributed by atoms with E-state index in [0.717, 1.165) is 29.9 Å². The van der Waals surface area contributed by atoms with Crippen molar-refractivity contribution < 1.29 is 22.3 Å². The third-order valence-corrected chi connectivity index (χ3v) is 10.7. The molecule has 0 spiro atoms. The van der Waals surface area contributed by atoms with E-state index >= 15 is 0 Å². The highest BCUT2D eigenvalue weighted by Gasteiger charge is 2.33. The summed E-state index contributed by atoms with van der Waals surface area (Å²) in [5.41, 5.74) is 0.732. The van der Waals surface area contributed by atoms with Gasteiger partial charge < -0.3 is 14.8 Å². The van der Waals surface area contributed by atoms with Gasteiger partial charge >= 0.3 is 10.2 Å². The molecule has 3 atom stereocenters. The van der Waals surface area contributed by atoms with Crippen molar-refractivity contribution in [3.8, 4) is 23.4 Å². The molecule has 1 aliphatic heterocycles. The first-order valence-electron chi connectivity index (χ1n) is 16.0. The van der Waals surface area contributed by atoms with E-state index in [1.165, 1.54) is 64.5 Å². The highest BCUT2D eigenvalue weighted by Crippen LogP contribution is 2.36. The first kappa shape index (κ1) is 32.9. The summed E-state index contributed by atoms with van der Waals surface area (Å²) in [5.74, 6) is 1.14. The van der Waals surface area contributed by atoms with E-state index in [2.05, 4.69) is 20.0 Å². The number of rotatable bonds is 9. The van der Waals surface area contributed by atoms with Crippen LogP contribution >= 0.6 is 0 Å². The number of ether oxygens (including phenoxy) is 2. The molecule has 0 bridgehead atoms. The summed E-state index contributed by atoms with van der Waals surface area (Å²) in [4.78, 5) is 9.18. The standard InChI is InChI=1S/C33H43FN6O4S/c1-3-40(2)45(41,42)39-29-16-14-28(34)33(26(29)18-35)44-25-13-15-30-31(17-25)38-32(21-37-30)43-22-24-12-10-8-6-4-5-7-9-11-23-19-36-20-27(23)24/h13-17,21,23-24,27,36,39H,3-12,19-20,22H2,1-2H3/t23-,24?,27-/m1/s1. The molecule has 2 heterocycles. The molecular formula is C33H43FN6O4S. The fraction of sp³-hybridized carbons (Fsp3) is 0.545. The summed E-state index contributed by atoms with van der Waals surface area (Å²) < 4.78 is 55.6. The predicted molar refractivity (Wildman–Crippen MR) is 172 cm³/mol. The Hall–Kier alpha value is -3.53. The molecule has 2 aliphatic rings. The quantitative estimate of drug-likeness (QED) is 0.276. The number of benzene rings is 2. The lowest BCUT2D eigenvalue weighted by atomic mass is 9.79. The van der Waals surface area contributed by atoms with Gasteiger partial charge in [-0.25, -0.2) is 14.4 Å². The van der Waals surface area contributed by atoms with E-state index in [4.69, 9.17) is 9.47 Å². The molecule has 1 saturated heterocycles. The van der Waals surface area contributed by atoms with Gasteiger partial charge in [0, 0.05) is 19.7 Å². The maximum absolute atomic E-state index is 14.9. The van der Waals surface area contributed by atoms with Gasteiger partial charge in [-0.2, -0.15) is 18.0 Å². The zero-order valence-corrected chi connectivity index (χ0v) is 26.9. The maximum Gasteiger partial charge on any atom is 0.301 e. The van der Waals surface area contributed by atoms with Crippen LogP contribution < -0.4 is 19.5 Å². The fourth-order valence-corrected chi connectivity index (χ4v) is 7.34. The van der Waals surface area contributed by atoms with Gasteiger partial charge in [0.25, 0.3) is 0 Å². The van der Waals surface area contributed by atoms with Crippen LogP contribution in [0, 0.1) is 34.9 Å². The van der Waals surface area contributed by atoms with Crippen molar-refractivity contribution in [3.63, 3.8) is 0 Å². The molecular weight excluding hydrogens is 595 g/mol. The number of anilines is 1. The van der Waals surface area contributed by atoms with Crippen molar-refractivity contribution in [2.45, 2.75) is 64.7 Å². The van der Waals surface area contributed by atoms with Crippen molar-refractivity contribution in [3.05, 3.63) is 47.9 Å². The fourth-order valence-electron chi connectivity index (χ4n) is 6.40. The van der Waals surface area contributed by atoms with E-state index in [1.807, 2.05) is 6.07 Å². The summed E-state index contributed by atoms with van der Waals surface area (Å²) in [6, 6.07) is 9.01. The van der Waals surface area contributed by atoms with Gasteiger partial charge in [0.1, 0.15) is 17.4 Å². The molecule has 1 aliphatic carbocycles. The van der Waals surface area contributed by atoms with E-state index in [9.17, 15) is 18.1 Å². The van der Waals surface area contributed by atoms with Gasteiger partial charge in [-0.1, -0.05) is 51.9 Å². The van der Waals surface area contributed by atoms with Crippen LogP contribution in [0.25, 0.3) is 11.0 Å². The minimum atomic E-state index is -3.94. The van der Waals surface area contributed by atoms with Crippen LogP contribution in [0.15, 0.2) is 36.5 Å². The number of aromatic nitrogens is 2. The largest absolute Gasteiger partial charge is 0.476 e. The minimum absolute atomic E-state index is 0.0862. The van der Waals surface area contributed by atoms with E-state index in [-0.39, 0.29) is 23.5 Å². The number of halogens is 1. The average Bonchev–Trinajstić information content (AvgIpc) is 3.50. The molecule has 242 valence electrons. The summed E-state index contributed by atoms with van der Waals surface area (Å²) in [6.45, 7) is 4.57. The van der Waals surface area contributed by atoms with Crippen LogP contribution in [0.5, 0.6) is 17.4 Å². The Morgan fingerprint density at radius 2 is 1.82 bits per heavy atom. The molecule has 1 saturated carbocycles. The lowest BCUT2D eigenvalue weighted by Gasteiger charge is -2.28. The molecule has 1 unspecified atom stereocenters. The predicted octanol–water partition coefficient (Wildman–Crippen LogP) is 6.40. The summed E-state index contributed by atoms with van der Waals surface area (Å²) >= 11 is 0. The second-order valence-electron chi connectivity index (χ2n) is 12.1. The normalized spacial score (nSPS) is 21.4. The minimum Gasteiger partial charge on any atom is -0.476 e. The Balaban J connectivity index is 1.33. The zero-order valence-electron chi connectivity index (χ0n) is 26.1. The van der Waals surface area contributed by atoms with Crippen LogP contribution in [-0.4, -0.2) is 56.0 Å². The van der Waals surface area contributed by atoms with Gasteiger partial charge in [0.05, 0.1) is 29.5 Å². The number of nitrogens with one attached hydrogen (secondary N) is 2. The monoisotopic (exact) mass is 638 g/mol. The maximum atomic E-state index is 14.9. The second kappa shape index (κ2) is 15.2. The van der Waals surface area contributed by atoms with Crippen LogP contribution in [0.3, 0.4) is 0 Å². The molecule has 12 heteroatoms. The first-order chi connectivity index (χ1) is 21.8. The van der Waals surface area contributed by atoms with E-state index in [0.29, 0.717) is 41.3 Å². The Kier molecular flexibility index (Phi) is 11.1. The summed E-state index contributed by atoms with van der Waals surface area (Å²) in [6.07, 6.45) is 13.1. The molecule has 10 nitrogen and oxygen atoms in total. The Morgan fingerprint density at radius 3 is 2.58 bits per heavy atom. The smallest absolute Gasteiger partial charge is 0.301 e. The van der Waals surface area contributed by atoms with E-state index in [1.54, 1.807) is 31.3 Å². The van der Waals surface area contributed by atoms with Crippen LogP contribution in [0.2, 0.25) is 0 Å². The van der Waals surface area contributed by atoms with Gasteiger partial charge in [0.15, 0.2) is 11.6 Å². The zero-order chi connectivity index (χ0) is 31.8. The number of nitriles is 1. The van der Waals surface area contributed by atoms with Crippen molar-refractivity contribution in [2.24, 2.45) is 17.8 Å². The molecule has 2 N–H and O–H groups in total. The SMILES string of the molecule is CCN(C)S(=O)(=O)Nc1ccc(F)c(Oc2ccc3ncc(OCC4CCCCCCCCC[C@@H]5CNC[C@@H]45)nc3c2)c1C#N. The number of hydrogen-bond acceptors (Lipinski definition) is 8. The third-order valence-electron chi connectivity index (χ3n) is 9.12. The molecule has 0 radical (unpaired) electrons. The van der Waals surface area contributed by atoms with Crippen LogP contribution in [-0.2, 0) is 10.2 Å². The molecule has 0 amide bonds. The first-order valence-corrected chi connectivity index (χ1v) is 17.5. The van der Waals surface area contributed by atoms with Crippen LogP contribution in [0.1, 0.15) is 70.3 Å². The molecule has 2 fully saturated rings. The summed E-state index contributed by atoms with van der Waals surface area (Å²) in [7, 11) is -2.55. The molecule has 2 aromatic carbocycles. The lowest BCUT2D eigenvalue weighted by Crippen LogP contribution is -2.32. The highest BCUT2D eigenvalue weighted by atomic mass is 32.2. The number of fused-ring (bicyclic) bond motifs is 2. The van der Waals surface area contributed by atoms with Crippen molar-refractivity contribution in [2.75, 3.05) is 38.0 Å². The van der Waals surface area contributed by atoms with Gasteiger partial charge in [0.2, 0.25) is 5.88 Å². The Morgan fingerprint density at radius 1 is 1.07 bits per heavy atom. The lowest BCUT2D eigenvalue weighted by molar-refractivity contribution is 0.153.